The Labute approximate surface area is 139 Å². The maximum absolute atomic E-state index is 10.7. The van der Waals surface area contributed by atoms with Gasteiger partial charge >= 0.3 is 0 Å². The number of fused-ring (bicyclic) bond motifs is 1. The average molecular weight is 361 g/mol. The van der Waals surface area contributed by atoms with Crippen molar-refractivity contribution >= 4 is 26.8 Å². The van der Waals surface area contributed by atoms with Crippen LogP contribution >= 0.6 is 15.9 Å². The molecule has 1 heterocycles. The summed E-state index contributed by atoms with van der Waals surface area (Å²) in [5.74, 6) is 0. The zero-order valence-electron chi connectivity index (χ0n) is 12.7. The van der Waals surface area contributed by atoms with Crippen molar-refractivity contribution in [1.82, 2.24) is 9.88 Å². The summed E-state index contributed by atoms with van der Waals surface area (Å²) in [5, 5.41) is 15.0. The highest BCUT2D eigenvalue weighted by Gasteiger charge is 2.25. The lowest BCUT2D eigenvalue weighted by molar-refractivity contribution is 0.129. The summed E-state index contributed by atoms with van der Waals surface area (Å²) in [6, 6.07) is 8.27. The lowest BCUT2D eigenvalue weighted by Crippen LogP contribution is -2.34. The molecule has 0 amide bonds. The molecule has 0 spiro atoms. The largest absolute Gasteiger partial charge is 0.389 e. The minimum absolute atomic E-state index is 0.0378. The third kappa shape index (κ3) is 2.91. The fourth-order valence-electron chi connectivity index (χ4n) is 3.19. The van der Waals surface area contributed by atoms with Crippen molar-refractivity contribution in [2.75, 3.05) is 13.6 Å². The number of nitrogens with one attached hydrogen (secondary N) is 1. The van der Waals surface area contributed by atoms with Crippen molar-refractivity contribution < 1.29 is 5.11 Å². The summed E-state index contributed by atoms with van der Waals surface area (Å²) >= 11 is 3.61. The van der Waals surface area contributed by atoms with Crippen LogP contribution in [-0.4, -0.2) is 29.4 Å². The molecule has 1 aliphatic carbocycles. The lowest BCUT2D eigenvalue weighted by Gasteiger charge is -2.29. The molecule has 22 heavy (non-hydrogen) atoms. The highest BCUT2D eigenvalue weighted by atomic mass is 79.9. The minimum atomic E-state index is -0.461. The molecule has 4 heteroatoms. The lowest BCUT2D eigenvalue weighted by atomic mass is 9.93. The second-order valence-electron chi connectivity index (χ2n) is 5.67. The van der Waals surface area contributed by atoms with E-state index >= 15 is 0 Å². The van der Waals surface area contributed by atoms with Crippen molar-refractivity contribution in [3.8, 4) is 0 Å². The first kappa shape index (κ1) is 15.5. The van der Waals surface area contributed by atoms with Crippen LogP contribution in [0.4, 0.5) is 0 Å². The fourth-order valence-corrected chi connectivity index (χ4v) is 3.68. The number of aromatic nitrogens is 1. The SMILES string of the molecule is CNCC(O)[C@H](C1=CC=CCC1)n1ccc2c(Br)cccc21. The normalized spacial score (nSPS) is 17.5. The zero-order valence-corrected chi connectivity index (χ0v) is 14.3. The molecular formula is C18H21BrN2O. The van der Waals surface area contributed by atoms with Crippen LogP contribution in [0.3, 0.4) is 0 Å². The highest BCUT2D eigenvalue weighted by molar-refractivity contribution is 9.10. The van der Waals surface area contributed by atoms with Crippen LogP contribution in [0, 0.1) is 0 Å². The van der Waals surface area contributed by atoms with Gasteiger partial charge in [-0.2, -0.15) is 0 Å². The highest BCUT2D eigenvalue weighted by Crippen LogP contribution is 2.33. The van der Waals surface area contributed by atoms with Gasteiger partial charge in [-0.25, -0.2) is 0 Å². The minimum Gasteiger partial charge on any atom is -0.389 e. The first-order valence-corrected chi connectivity index (χ1v) is 8.45. The molecule has 2 N–H and O–H groups in total. The molecule has 0 bridgehead atoms. The average Bonchev–Trinajstić information content (AvgIpc) is 2.94. The number of halogens is 1. The van der Waals surface area contributed by atoms with E-state index in [2.05, 4.69) is 62.4 Å². The van der Waals surface area contributed by atoms with Crippen LogP contribution in [0.15, 0.2) is 58.7 Å². The smallest absolute Gasteiger partial charge is 0.0909 e. The summed E-state index contributed by atoms with van der Waals surface area (Å²) < 4.78 is 3.29. The van der Waals surface area contributed by atoms with Crippen LogP contribution in [-0.2, 0) is 0 Å². The summed E-state index contributed by atoms with van der Waals surface area (Å²) in [5.41, 5.74) is 2.42. The van der Waals surface area contributed by atoms with Crippen LogP contribution < -0.4 is 5.32 Å². The molecule has 1 aromatic heterocycles. The number of rotatable bonds is 5. The molecule has 1 aromatic carbocycles. The first-order valence-electron chi connectivity index (χ1n) is 7.65. The predicted molar refractivity (Wildman–Crippen MR) is 95.1 cm³/mol. The van der Waals surface area contributed by atoms with Gasteiger partial charge in [-0.3, -0.25) is 0 Å². The van der Waals surface area contributed by atoms with Gasteiger partial charge in [-0.15, -0.1) is 0 Å². The number of hydrogen-bond acceptors (Lipinski definition) is 2. The summed E-state index contributed by atoms with van der Waals surface area (Å²) in [4.78, 5) is 0. The Morgan fingerprint density at radius 2 is 2.23 bits per heavy atom. The number of aliphatic hydroxyl groups excluding tert-OH is 1. The van der Waals surface area contributed by atoms with Gasteiger partial charge in [0.05, 0.1) is 12.1 Å². The number of nitrogens with zero attached hydrogens (tertiary/aromatic N) is 1. The molecule has 0 fully saturated rings. The molecule has 1 unspecified atom stereocenters. The van der Waals surface area contributed by atoms with E-state index in [0.29, 0.717) is 6.54 Å². The second kappa shape index (κ2) is 6.82. The Hall–Kier alpha value is -1.36. The maximum atomic E-state index is 10.7. The van der Waals surface area contributed by atoms with Gasteiger partial charge in [0.15, 0.2) is 0 Å². The van der Waals surface area contributed by atoms with Crippen LogP contribution in [0.5, 0.6) is 0 Å². The van der Waals surface area contributed by atoms with Crippen molar-refractivity contribution in [3.05, 3.63) is 58.7 Å². The van der Waals surface area contributed by atoms with E-state index < -0.39 is 6.10 Å². The molecule has 2 aromatic rings. The number of likely N-dealkylation sites (N-methyl/N-ethyl adjacent to an activating group) is 1. The van der Waals surface area contributed by atoms with E-state index in [1.165, 1.54) is 11.0 Å². The standard InChI is InChI=1S/C18H21BrN2O/c1-20-12-17(22)18(13-6-3-2-4-7-13)21-11-10-14-15(19)8-5-9-16(14)21/h2-3,5-6,8-11,17-18,20,22H,4,7,12H2,1H3/t17?,18-/m0/s1. The van der Waals surface area contributed by atoms with E-state index in [-0.39, 0.29) is 6.04 Å². The van der Waals surface area contributed by atoms with E-state index in [1.807, 2.05) is 19.2 Å². The summed E-state index contributed by atoms with van der Waals surface area (Å²) in [6.45, 7) is 0.569. The second-order valence-corrected chi connectivity index (χ2v) is 6.53. The molecule has 116 valence electrons. The van der Waals surface area contributed by atoms with Crippen molar-refractivity contribution in [3.63, 3.8) is 0 Å². The number of aliphatic hydroxyl groups is 1. The molecule has 0 saturated heterocycles. The topological polar surface area (TPSA) is 37.2 Å². The zero-order chi connectivity index (χ0) is 15.5. The van der Waals surface area contributed by atoms with E-state index in [4.69, 9.17) is 0 Å². The molecule has 1 aliphatic rings. The van der Waals surface area contributed by atoms with Gasteiger partial charge in [0.1, 0.15) is 0 Å². The Bertz CT molecular complexity index is 717. The Morgan fingerprint density at radius 1 is 1.36 bits per heavy atom. The predicted octanol–water partition coefficient (Wildman–Crippen LogP) is 3.80. The molecule has 3 rings (SSSR count). The van der Waals surface area contributed by atoms with Gasteiger partial charge in [0.25, 0.3) is 0 Å². The third-order valence-corrected chi connectivity index (χ3v) is 4.90. The maximum Gasteiger partial charge on any atom is 0.0909 e. The van der Waals surface area contributed by atoms with Gasteiger partial charge < -0.3 is 15.0 Å². The molecule has 2 atom stereocenters. The van der Waals surface area contributed by atoms with Gasteiger partial charge in [0.2, 0.25) is 0 Å². The Balaban J connectivity index is 2.09. The van der Waals surface area contributed by atoms with Crippen LogP contribution in [0.2, 0.25) is 0 Å². The molecular weight excluding hydrogens is 340 g/mol. The molecule has 0 saturated carbocycles. The summed E-state index contributed by atoms with van der Waals surface area (Å²) in [6.07, 6.45) is 10.1. The molecule has 0 aliphatic heterocycles. The van der Waals surface area contributed by atoms with E-state index in [1.54, 1.807) is 0 Å². The first-order chi connectivity index (χ1) is 10.7. The van der Waals surface area contributed by atoms with Crippen molar-refractivity contribution in [1.29, 1.82) is 0 Å². The van der Waals surface area contributed by atoms with Crippen LogP contribution in [0.1, 0.15) is 18.9 Å². The van der Waals surface area contributed by atoms with Gasteiger partial charge in [0, 0.05) is 28.1 Å². The Kier molecular flexibility index (Phi) is 4.81. The quantitative estimate of drug-likeness (QED) is 0.850. The number of benzene rings is 1. The monoisotopic (exact) mass is 360 g/mol. The van der Waals surface area contributed by atoms with E-state index in [9.17, 15) is 5.11 Å². The summed E-state index contributed by atoms with van der Waals surface area (Å²) in [7, 11) is 1.87. The number of allylic oxidation sites excluding steroid dienone is 3. The number of hydrogen-bond donors (Lipinski definition) is 2. The molecule has 0 radical (unpaired) electrons. The van der Waals surface area contributed by atoms with Crippen molar-refractivity contribution in [2.24, 2.45) is 0 Å². The van der Waals surface area contributed by atoms with E-state index in [0.717, 1.165) is 22.8 Å². The van der Waals surface area contributed by atoms with Crippen LogP contribution in [0.25, 0.3) is 10.9 Å². The fraction of sp³-hybridized carbons (Fsp3) is 0.333. The van der Waals surface area contributed by atoms with Gasteiger partial charge in [-0.1, -0.05) is 40.2 Å². The third-order valence-electron chi connectivity index (χ3n) is 4.21. The molecule has 3 nitrogen and oxygen atoms in total. The van der Waals surface area contributed by atoms with Crippen molar-refractivity contribution in [2.45, 2.75) is 25.0 Å². The van der Waals surface area contributed by atoms with Gasteiger partial charge in [-0.05, 0) is 43.7 Å². The Morgan fingerprint density at radius 3 is 2.95 bits per heavy atom.